The van der Waals surface area contributed by atoms with Crippen molar-refractivity contribution in [3.63, 3.8) is 0 Å². The van der Waals surface area contributed by atoms with Crippen molar-refractivity contribution in [2.75, 3.05) is 13.7 Å². The van der Waals surface area contributed by atoms with Crippen LogP contribution < -0.4 is 14.8 Å². The van der Waals surface area contributed by atoms with Crippen LogP contribution in [0.2, 0.25) is 5.15 Å². The zero-order valence-electron chi connectivity index (χ0n) is 18.9. The molecule has 1 aliphatic carbocycles. The zero-order valence-corrected chi connectivity index (χ0v) is 21.3. The van der Waals surface area contributed by atoms with Crippen LogP contribution in [0.5, 0.6) is 17.2 Å². The monoisotopic (exact) mass is 540 g/mol. The van der Waals surface area contributed by atoms with Gasteiger partial charge in [0.15, 0.2) is 0 Å². The average Bonchev–Trinajstić information content (AvgIpc) is 2.82. The number of aliphatic hydroxyl groups excluding tert-OH is 1. The quantitative estimate of drug-likeness (QED) is 0.335. The van der Waals surface area contributed by atoms with Gasteiger partial charge in [0.1, 0.15) is 28.0 Å². The van der Waals surface area contributed by atoms with E-state index in [9.17, 15) is 15.0 Å². The van der Waals surface area contributed by atoms with Gasteiger partial charge < -0.3 is 25.0 Å². The molecule has 0 aliphatic heterocycles. The Morgan fingerprint density at radius 3 is 2.57 bits per heavy atom. The molecule has 3 aromatic rings. The Labute approximate surface area is 221 Å². The summed E-state index contributed by atoms with van der Waals surface area (Å²) < 4.78 is 11.0. The molecule has 188 valence electrons. The van der Waals surface area contributed by atoms with Gasteiger partial charge in [-0.05, 0) is 66.8 Å². The Hall–Kier alpha value is -2.55. The van der Waals surface area contributed by atoms with Gasteiger partial charge in [0.25, 0.3) is 0 Å². The number of nitrogens with zero attached hydrogens (tertiary/aromatic N) is 1. The lowest BCUT2D eigenvalue weighted by atomic mass is 9.88. The van der Waals surface area contributed by atoms with Gasteiger partial charge in [-0.1, -0.05) is 23.7 Å². The topological polar surface area (TPSA) is 101 Å². The van der Waals surface area contributed by atoms with Crippen molar-refractivity contribution in [1.82, 2.24) is 10.3 Å². The van der Waals surface area contributed by atoms with E-state index in [1.54, 1.807) is 30.5 Å². The highest BCUT2D eigenvalue weighted by Gasteiger charge is 2.21. The average molecular weight is 542 g/mol. The van der Waals surface area contributed by atoms with Crippen LogP contribution in [0, 0.1) is 0 Å². The third-order valence-electron chi connectivity index (χ3n) is 5.78. The molecule has 1 heterocycles. The van der Waals surface area contributed by atoms with E-state index in [1.807, 2.05) is 12.1 Å². The Bertz CT molecular complexity index is 1140. The summed E-state index contributed by atoms with van der Waals surface area (Å²) in [6.45, 7) is 0.420. The molecular formula is C25H27Cl3N2O5. The number of carbonyl (C=O) groups is 1. The van der Waals surface area contributed by atoms with Gasteiger partial charge in [0, 0.05) is 24.3 Å². The Kier molecular flexibility index (Phi) is 10.6. The number of halogens is 3. The molecule has 0 amide bonds. The van der Waals surface area contributed by atoms with Crippen LogP contribution in [0.25, 0.3) is 0 Å². The number of aromatic nitrogens is 1. The maximum Gasteiger partial charge on any atom is 0.339 e. The van der Waals surface area contributed by atoms with E-state index >= 15 is 0 Å². The largest absolute Gasteiger partial charge is 0.496 e. The van der Waals surface area contributed by atoms with Crippen LogP contribution in [-0.2, 0) is 12.8 Å². The van der Waals surface area contributed by atoms with Gasteiger partial charge in [-0.25, -0.2) is 9.78 Å². The molecule has 0 radical (unpaired) electrons. The fourth-order valence-corrected chi connectivity index (χ4v) is 4.12. The van der Waals surface area contributed by atoms with Gasteiger partial charge in [-0.15, -0.1) is 24.8 Å². The second-order valence-corrected chi connectivity index (χ2v) is 8.37. The molecule has 35 heavy (non-hydrogen) atoms. The van der Waals surface area contributed by atoms with Crippen molar-refractivity contribution in [1.29, 1.82) is 0 Å². The molecule has 0 saturated heterocycles. The standard InChI is InChI=1S/C25H25ClN2O5.2ClH/c1-32-23-8-7-20(12-21(23)25(30)31)33-19-6-3-15-2-5-18(10-17(15)11-19)27-14-22(29)16-4-9-24(26)28-13-16;;/h3-4,6-9,11-13,18,22,27,29H,2,5,10,14H2,1H3,(H,30,31);2*1H/t18-,22-;;/m0../s1. The number of hydrogen-bond acceptors (Lipinski definition) is 6. The van der Waals surface area contributed by atoms with E-state index in [0.717, 1.165) is 24.8 Å². The molecule has 3 N–H and O–H groups in total. The van der Waals surface area contributed by atoms with E-state index in [2.05, 4.69) is 16.4 Å². The Morgan fingerprint density at radius 2 is 1.89 bits per heavy atom. The van der Waals surface area contributed by atoms with Gasteiger partial charge >= 0.3 is 5.97 Å². The predicted octanol–water partition coefficient (Wildman–Crippen LogP) is 5.26. The van der Waals surface area contributed by atoms with Crippen molar-refractivity contribution >= 4 is 42.4 Å². The molecule has 0 spiro atoms. The van der Waals surface area contributed by atoms with E-state index in [-0.39, 0.29) is 42.2 Å². The van der Waals surface area contributed by atoms with Crippen molar-refractivity contribution in [3.05, 3.63) is 82.1 Å². The number of carboxylic acid groups (broad SMARTS) is 1. The van der Waals surface area contributed by atoms with Crippen LogP contribution in [0.1, 0.15) is 39.6 Å². The lowest BCUT2D eigenvalue weighted by Gasteiger charge is -2.27. The number of ether oxygens (including phenoxy) is 2. The molecule has 0 unspecified atom stereocenters. The van der Waals surface area contributed by atoms with Gasteiger partial charge in [-0.3, -0.25) is 0 Å². The lowest BCUT2D eigenvalue weighted by molar-refractivity contribution is 0.0693. The van der Waals surface area contributed by atoms with Crippen LogP contribution in [-0.4, -0.2) is 40.9 Å². The van der Waals surface area contributed by atoms with Gasteiger partial charge in [0.05, 0.1) is 13.2 Å². The van der Waals surface area contributed by atoms with Crippen molar-refractivity contribution in [3.8, 4) is 17.2 Å². The number of hydrogen-bond donors (Lipinski definition) is 3. The highest BCUT2D eigenvalue weighted by atomic mass is 35.5. The fraction of sp³-hybridized carbons (Fsp3) is 0.280. The molecular weight excluding hydrogens is 515 g/mol. The lowest BCUT2D eigenvalue weighted by Crippen LogP contribution is -2.37. The smallest absolute Gasteiger partial charge is 0.339 e. The van der Waals surface area contributed by atoms with Gasteiger partial charge in [-0.2, -0.15) is 0 Å². The number of aryl methyl sites for hydroxylation is 1. The first-order chi connectivity index (χ1) is 15.9. The van der Waals surface area contributed by atoms with E-state index in [4.69, 9.17) is 21.1 Å². The number of nitrogens with one attached hydrogen (secondary N) is 1. The van der Waals surface area contributed by atoms with Crippen molar-refractivity contribution < 1.29 is 24.5 Å². The third-order valence-corrected chi connectivity index (χ3v) is 6.00. The Morgan fingerprint density at radius 1 is 1.14 bits per heavy atom. The number of pyridine rings is 1. The number of carboxylic acids is 1. The highest BCUT2D eigenvalue weighted by molar-refractivity contribution is 6.29. The summed E-state index contributed by atoms with van der Waals surface area (Å²) in [5.41, 5.74) is 3.21. The number of rotatable bonds is 8. The number of fused-ring (bicyclic) bond motifs is 1. The molecule has 2 atom stereocenters. The summed E-state index contributed by atoms with van der Waals surface area (Å²) in [5.74, 6) is 0.278. The molecule has 0 saturated carbocycles. The SMILES string of the molecule is COc1ccc(Oc2ccc3c(c2)C[C@@H](NC[C@H](O)c2ccc(Cl)nc2)CC3)cc1C(=O)O.Cl.Cl. The van der Waals surface area contributed by atoms with Gasteiger partial charge in [0.2, 0.25) is 0 Å². The molecule has 0 fully saturated rings. The summed E-state index contributed by atoms with van der Waals surface area (Å²) in [6.07, 6.45) is 3.63. The van der Waals surface area contributed by atoms with Crippen LogP contribution in [0.4, 0.5) is 0 Å². The second-order valence-electron chi connectivity index (χ2n) is 7.98. The number of aliphatic hydroxyl groups is 1. The summed E-state index contributed by atoms with van der Waals surface area (Å²) in [4.78, 5) is 15.5. The number of methoxy groups -OCH3 is 1. The second kappa shape index (κ2) is 13.0. The summed E-state index contributed by atoms with van der Waals surface area (Å²) in [7, 11) is 1.43. The fourth-order valence-electron chi connectivity index (χ4n) is 4.01. The summed E-state index contributed by atoms with van der Waals surface area (Å²) >= 11 is 5.81. The highest BCUT2D eigenvalue weighted by Crippen LogP contribution is 2.31. The number of benzene rings is 2. The zero-order chi connectivity index (χ0) is 23.4. The molecule has 2 aromatic carbocycles. The first-order valence-electron chi connectivity index (χ1n) is 10.7. The summed E-state index contributed by atoms with van der Waals surface area (Å²) in [6, 6.07) is 14.3. The summed E-state index contributed by atoms with van der Waals surface area (Å²) in [5, 5.41) is 23.7. The van der Waals surface area contributed by atoms with Crippen LogP contribution in [0.15, 0.2) is 54.7 Å². The number of aromatic carboxylic acids is 1. The Balaban J connectivity index is 0.00000216. The molecule has 10 heteroatoms. The molecule has 1 aromatic heterocycles. The third kappa shape index (κ3) is 7.22. The van der Waals surface area contributed by atoms with E-state index in [0.29, 0.717) is 23.2 Å². The first-order valence-corrected chi connectivity index (χ1v) is 11.0. The maximum atomic E-state index is 11.5. The molecule has 1 aliphatic rings. The van der Waals surface area contributed by atoms with E-state index in [1.165, 1.54) is 24.3 Å². The van der Waals surface area contributed by atoms with Crippen molar-refractivity contribution in [2.45, 2.75) is 31.4 Å². The molecule has 4 rings (SSSR count). The minimum Gasteiger partial charge on any atom is -0.496 e. The minimum atomic E-state index is -1.08. The maximum absolute atomic E-state index is 11.5. The minimum absolute atomic E-state index is 0. The normalized spacial score (nSPS) is 15.1. The van der Waals surface area contributed by atoms with E-state index < -0.39 is 12.1 Å². The first kappa shape index (κ1) is 28.7. The van der Waals surface area contributed by atoms with Crippen molar-refractivity contribution in [2.24, 2.45) is 0 Å². The van der Waals surface area contributed by atoms with Crippen LogP contribution in [0.3, 0.4) is 0 Å². The van der Waals surface area contributed by atoms with Crippen LogP contribution >= 0.6 is 36.4 Å². The molecule has 7 nitrogen and oxygen atoms in total. The molecule has 0 bridgehead atoms. The predicted molar refractivity (Wildman–Crippen MR) is 139 cm³/mol.